The number of hydrogen-bond acceptors (Lipinski definition) is 5. The average Bonchev–Trinajstić information content (AvgIpc) is 2.46. The third-order valence-corrected chi connectivity index (χ3v) is 3.40. The molecule has 0 saturated heterocycles. The predicted octanol–water partition coefficient (Wildman–Crippen LogP) is 4.81. The van der Waals surface area contributed by atoms with E-state index in [0.717, 1.165) is 22.5 Å². The van der Waals surface area contributed by atoms with Crippen molar-refractivity contribution in [1.82, 2.24) is 9.97 Å². The molecule has 2 aromatic rings. The van der Waals surface area contributed by atoms with Crippen LogP contribution in [0.4, 0.5) is 5.82 Å². The second-order valence-electron chi connectivity index (χ2n) is 7.45. The molecule has 1 atom stereocenters. The maximum absolute atomic E-state index is 5.87. The standard InChI is InChI=1S/C20H29N3O2/c1-13(2)24-19-9-8-16(11-22-19)17-12-21-18(10-14(17)3)23-15(4)25-20(5,6)7/h8-13,15H,1-7H3,(H,21,23). The Morgan fingerprint density at radius 1 is 1.04 bits per heavy atom. The van der Waals surface area contributed by atoms with Crippen LogP contribution in [0.25, 0.3) is 11.1 Å². The highest BCUT2D eigenvalue weighted by molar-refractivity contribution is 5.67. The monoisotopic (exact) mass is 343 g/mol. The Morgan fingerprint density at radius 2 is 1.76 bits per heavy atom. The largest absolute Gasteiger partial charge is 0.475 e. The SMILES string of the molecule is Cc1cc(NC(C)OC(C)(C)C)ncc1-c1ccc(OC(C)C)nc1. The third kappa shape index (κ3) is 6.02. The normalized spacial score (nSPS) is 13.0. The molecule has 5 nitrogen and oxygen atoms in total. The molecule has 136 valence electrons. The highest BCUT2D eigenvalue weighted by Gasteiger charge is 2.15. The summed E-state index contributed by atoms with van der Waals surface area (Å²) in [6.07, 6.45) is 3.68. The molecule has 5 heteroatoms. The Hall–Kier alpha value is -2.14. The van der Waals surface area contributed by atoms with E-state index in [0.29, 0.717) is 5.88 Å². The summed E-state index contributed by atoms with van der Waals surface area (Å²) in [6, 6.07) is 5.92. The lowest BCUT2D eigenvalue weighted by Gasteiger charge is -2.26. The zero-order chi connectivity index (χ0) is 18.6. The minimum absolute atomic E-state index is 0.115. The first-order valence-corrected chi connectivity index (χ1v) is 8.68. The van der Waals surface area contributed by atoms with Gasteiger partial charge in [0.15, 0.2) is 0 Å². The Kier molecular flexibility index (Phi) is 6.01. The quantitative estimate of drug-likeness (QED) is 0.763. The zero-order valence-corrected chi connectivity index (χ0v) is 16.3. The van der Waals surface area contributed by atoms with Gasteiger partial charge in [0.05, 0.1) is 11.7 Å². The summed E-state index contributed by atoms with van der Waals surface area (Å²) >= 11 is 0. The van der Waals surface area contributed by atoms with Gasteiger partial charge in [-0.25, -0.2) is 9.97 Å². The molecule has 0 spiro atoms. The number of hydrogen-bond donors (Lipinski definition) is 1. The van der Waals surface area contributed by atoms with Crippen molar-refractivity contribution in [3.8, 4) is 17.0 Å². The topological polar surface area (TPSA) is 56.3 Å². The van der Waals surface area contributed by atoms with Gasteiger partial charge in [-0.3, -0.25) is 0 Å². The second-order valence-corrected chi connectivity index (χ2v) is 7.45. The molecular weight excluding hydrogens is 314 g/mol. The lowest BCUT2D eigenvalue weighted by Crippen LogP contribution is -2.30. The molecule has 2 rings (SSSR count). The van der Waals surface area contributed by atoms with E-state index in [1.54, 1.807) is 0 Å². The van der Waals surface area contributed by atoms with E-state index < -0.39 is 0 Å². The molecule has 0 bridgehead atoms. The van der Waals surface area contributed by atoms with Crippen LogP contribution in [-0.4, -0.2) is 27.9 Å². The van der Waals surface area contributed by atoms with Crippen LogP contribution in [0.2, 0.25) is 0 Å². The highest BCUT2D eigenvalue weighted by Crippen LogP contribution is 2.25. The van der Waals surface area contributed by atoms with Crippen molar-refractivity contribution in [3.05, 3.63) is 36.2 Å². The smallest absolute Gasteiger partial charge is 0.213 e. The maximum atomic E-state index is 5.87. The summed E-state index contributed by atoms with van der Waals surface area (Å²) in [6.45, 7) is 14.1. The third-order valence-electron chi connectivity index (χ3n) is 3.40. The van der Waals surface area contributed by atoms with Crippen LogP contribution in [0.1, 0.15) is 47.1 Å². The van der Waals surface area contributed by atoms with E-state index in [-0.39, 0.29) is 17.9 Å². The van der Waals surface area contributed by atoms with E-state index in [9.17, 15) is 0 Å². The Labute approximate surface area is 150 Å². The number of aryl methyl sites for hydroxylation is 1. The molecule has 1 unspecified atom stereocenters. The molecule has 25 heavy (non-hydrogen) atoms. The summed E-state index contributed by atoms with van der Waals surface area (Å²) in [5.41, 5.74) is 3.00. The van der Waals surface area contributed by atoms with E-state index in [4.69, 9.17) is 9.47 Å². The van der Waals surface area contributed by atoms with Gasteiger partial charge in [-0.2, -0.15) is 0 Å². The number of aromatic nitrogens is 2. The van der Waals surface area contributed by atoms with Crippen LogP contribution in [0, 0.1) is 6.92 Å². The van der Waals surface area contributed by atoms with Gasteiger partial charge in [0.25, 0.3) is 0 Å². The van der Waals surface area contributed by atoms with Gasteiger partial charge >= 0.3 is 0 Å². The summed E-state index contributed by atoms with van der Waals surface area (Å²) < 4.78 is 11.5. The first kappa shape index (κ1) is 19.2. The fourth-order valence-electron chi connectivity index (χ4n) is 2.56. The maximum Gasteiger partial charge on any atom is 0.213 e. The van der Waals surface area contributed by atoms with Crippen molar-refractivity contribution >= 4 is 5.82 Å². The lowest BCUT2D eigenvalue weighted by atomic mass is 10.0. The number of pyridine rings is 2. The van der Waals surface area contributed by atoms with Crippen LogP contribution in [0.5, 0.6) is 5.88 Å². The number of anilines is 1. The van der Waals surface area contributed by atoms with Gasteiger partial charge in [-0.15, -0.1) is 0 Å². The lowest BCUT2D eigenvalue weighted by molar-refractivity contribution is -0.0384. The van der Waals surface area contributed by atoms with Crippen molar-refractivity contribution < 1.29 is 9.47 Å². The van der Waals surface area contributed by atoms with E-state index in [1.807, 2.05) is 72.1 Å². The van der Waals surface area contributed by atoms with Crippen LogP contribution >= 0.6 is 0 Å². The first-order valence-electron chi connectivity index (χ1n) is 8.68. The zero-order valence-electron chi connectivity index (χ0n) is 16.3. The van der Waals surface area contributed by atoms with E-state index in [1.165, 1.54) is 0 Å². The molecule has 0 radical (unpaired) electrons. The van der Waals surface area contributed by atoms with Crippen LogP contribution in [0.15, 0.2) is 30.6 Å². The molecule has 0 aliphatic heterocycles. The summed E-state index contributed by atoms with van der Waals surface area (Å²) in [4.78, 5) is 8.87. The molecule has 2 aromatic heterocycles. The second kappa shape index (κ2) is 7.83. The molecular formula is C20H29N3O2. The van der Waals surface area contributed by atoms with Crippen molar-refractivity contribution in [2.45, 2.75) is 66.4 Å². The fraction of sp³-hybridized carbons (Fsp3) is 0.500. The number of nitrogens with one attached hydrogen (secondary N) is 1. The molecule has 0 saturated carbocycles. The van der Waals surface area contributed by atoms with Crippen LogP contribution in [0.3, 0.4) is 0 Å². The van der Waals surface area contributed by atoms with Gasteiger partial charge in [-0.1, -0.05) is 0 Å². The van der Waals surface area contributed by atoms with Gasteiger partial charge in [0.1, 0.15) is 12.0 Å². The molecule has 0 fully saturated rings. The van der Waals surface area contributed by atoms with Gasteiger partial charge in [0.2, 0.25) is 5.88 Å². The Morgan fingerprint density at radius 3 is 2.28 bits per heavy atom. The summed E-state index contributed by atoms with van der Waals surface area (Å²) in [5, 5.41) is 3.28. The van der Waals surface area contributed by atoms with Crippen molar-refractivity contribution in [2.75, 3.05) is 5.32 Å². The first-order chi connectivity index (χ1) is 11.6. The minimum Gasteiger partial charge on any atom is -0.475 e. The Bertz CT molecular complexity index is 691. The van der Waals surface area contributed by atoms with Gasteiger partial charge < -0.3 is 14.8 Å². The molecule has 0 aromatic carbocycles. The highest BCUT2D eigenvalue weighted by atomic mass is 16.5. The molecule has 1 N–H and O–H groups in total. The van der Waals surface area contributed by atoms with Crippen LogP contribution in [-0.2, 0) is 4.74 Å². The van der Waals surface area contributed by atoms with E-state index >= 15 is 0 Å². The Balaban J connectivity index is 2.11. The number of rotatable bonds is 6. The fourth-order valence-corrected chi connectivity index (χ4v) is 2.56. The summed E-state index contributed by atoms with van der Waals surface area (Å²) in [5.74, 6) is 1.43. The average molecular weight is 343 g/mol. The van der Waals surface area contributed by atoms with E-state index in [2.05, 4.69) is 22.2 Å². The van der Waals surface area contributed by atoms with Crippen molar-refractivity contribution in [2.24, 2.45) is 0 Å². The molecule has 2 heterocycles. The minimum atomic E-state index is -0.202. The van der Waals surface area contributed by atoms with Gasteiger partial charge in [-0.05, 0) is 66.2 Å². The number of nitrogens with zero attached hydrogens (tertiary/aromatic N) is 2. The van der Waals surface area contributed by atoms with Crippen LogP contribution < -0.4 is 10.1 Å². The predicted molar refractivity (Wildman–Crippen MR) is 102 cm³/mol. The van der Waals surface area contributed by atoms with Gasteiger partial charge in [0, 0.05) is 29.6 Å². The molecule has 0 aliphatic rings. The summed E-state index contributed by atoms with van der Waals surface area (Å²) in [7, 11) is 0. The van der Waals surface area contributed by atoms with Crippen molar-refractivity contribution in [3.63, 3.8) is 0 Å². The number of ether oxygens (including phenoxy) is 2. The molecule has 0 aliphatic carbocycles. The van der Waals surface area contributed by atoms with Crippen molar-refractivity contribution in [1.29, 1.82) is 0 Å². The molecule has 0 amide bonds.